The third kappa shape index (κ3) is 4.52. The van der Waals surface area contributed by atoms with Crippen LogP contribution in [0.2, 0.25) is 19.6 Å². The fourth-order valence-corrected chi connectivity index (χ4v) is 11.9. The Morgan fingerprint density at radius 3 is 1.13 bits per heavy atom. The van der Waals surface area contributed by atoms with Crippen LogP contribution in [0.1, 0.15) is 27.7 Å². The van der Waals surface area contributed by atoms with Crippen molar-refractivity contribution in [3.8, 4) is 0 Å². The van der Waals surface area contributed by atoms with Gasteiger partial charge in [-0.15, -0.1) is 0 Å². The van der Waals surface area contributed by atoms with Gasteiger partial charge < -0.3 is 0 Å². The Balaban J connectivity index is 4.85. The monoisotopic (exact) mass is 248 g/mol. The summed E-state index contributed by atoms with van der Waals surface area (Å²) >= 11 is 0. The van der Waals surface area contributed by atoms with Gasteiger partial charge in [0.15, 0.2) is 0 Å². The Bertz CT molecular complexity index is 150. The highest BCUT2D eigenvalue weighted by Crippen LogP contribution is 2.52. The molecule has 0 saturated heterocycles. The second kappa shape index (κ2) is 7.00. The molecule has 0 saturated carbocycles. The molecule has 0 aromatic carbocycles. The van der Waals surface area contributed by atoms with Crippen molar-refractivity contribution >= 4 is 15.5 Å². The Morgan fingerprint density at radius 1 is 0.733 bits per heavy atom. The summed E-state index contributed by atoms with van der Waals surface area (Å²) in [6.07, 6.45) is 0. The van der Waals surface area contributed by atoms with Gasteiger partial charge in [-0.05, 0) is 0 Å². The summed E-state index contributed by atoms with van der Waals surface area (Å²) < 4.78 is 5.38. The Hall–Kier alpha value is 0.567. The highest BCUT2D eigenvalue weighted by Gasteiger charge is 2.34. The van der Waals surface area contributed by atoms with Gasteiger partial charge in [0.25, 0.3) is 0 Å². The van der Waals surface area contributed by atoms with Crippen LogP contribution >= 0.6 is 7.77 Å². The molecule has 4 heteroatoms. The minimum absolute atomic E-state index is 0.0234. The van der Waals surface area contributed by atoms with Gasteiger partial charge in [-0.1, -0.05) is 47.3 Å². The number of hydrogen-bond donors (Lipinski definition) is 0. The Morgan fingerprint density at radius 2 is 1.00 bits per heavy atom. The highest BCUT2D eigenvalue weighted by atomic mass is 31.4. The molecule has 0 aliphatic rings. The zero-order chi connectivity index (χ0) is 12.1. The highest BCUT2D eigenvalue weighted by molar-refractivity contribution is 7.91. The van der Waals surface area contributed by atoms with E-state index in [9.17, 15) is 0 Å². The van der Waals surface area contributed by atoms with Gasteiger partial charge >= 0.3 is 0 Å². The lowest BCUT2D eigenvalue weighted by Crippen LogP contribution is -2.39. The first-order valence-electron chi connectivity index (χ1n) is 6.22. The molecule has 0 rings (SSSR count). The van der Waals surface area contributed by atoms with Crippen LogP contribution in [-0.4, -0.2) is 43.3 Å². The zero-order valence-electron chi connectivity index (χ0n) is 11.7. The van der Waals surface area contributed by atoms with E-state index in [1.807, 2.05) is 0 Å². The molecular weight excluding hydrogens is 219 g/mol. The van der Waals surface area contributed by atoms with Crippen LogP contribution in [0.15, 0.2) is 0 Å². The van der Waals surface area contributed by atoms with E-state index in [0.29, 0.717) is 0 Å². The lowest BCUT2D eigenvalue weighted by Gasteiger charge is -2.44. The summed E-state index contributed by atoms with van der Waals surface area (Å²) in [5.74, 6) is 0. The second-order valence-corrected chi connectivity index (χ2v) is 16.0. The molecule has 15 heavy (non-hydrogen) atoms. The molecule has 0 aromatic heterocycles. The summed E-state index contributed by atoms with van der Waals surface area (Å²) in [6.45, 7) is 21.5. The third-order valence-electron chi connectivity index (χ3n) is 2.60. The molecule has 0 unspecified atom stereocenters. The lowest BCUT2D eigenvalue weighted by molar-refractivity contribution is 0.432. The molecule has 2 nitrogen and oxygen atoms in total. The van der Waals surface area contributed by atoms with Crippen LogP contribution in [0.3, 0.4) is 0 Å². The van der Waals surface area contributed by atoms with Gasteiger partial charge in [-0.3, -0.25) is 9.34 Å². The molecule has 0 radical (unpaired) electrons. The molecule has 0 spiro atoms. The average molecular weight is 248 g/mol. The maximum absolute atomic E-state index is 2.69. The first-order chi connectivity index (χ1) is 6.92. The number of nitrogens with zero attached hydrogens (tertiary/aromatic N) is 2. The molecule has 0 N–H and O–H groups in total. The van der Waals surface area contributed by atoms with Crippen molar-refractivity contribution in [1.29, 1.82) is 0 Å². The molecule has 0 heterocycles. The molecule has 0 aliphatic carbocycles. The van der Waals surface area contributed by atoms with Crippen molar-refractivity contribution in [1.82, 2.24) is 9.34 Å². The van der Waals surface area contributed by atoms with Crippen molar-refractivity contribution in [2.75, 3.05) is 26.2 Å². The molecule has 0 fully saturated rings. The maximum atomic E-state index is 2.69. The van der Waals surface area contributed by atoms with Crippen molar-refractivity contribution in [3.05, 3.63) is 0 Å². The van der Waals surface area contributed by atoms with E-state index in [-0.39, 0.29) is 7.77 Å². The summed E-state index contributed by atoms with van der Waals surface area (Å²) in [7, 11) is -1.10. The van der Waals surface area contributed by atoms with Crippen LogP contribution in [-0.2, 0) is 0 Å². The quantitative estimate of drug-likeness (QED) is 0.499. The van der Waals surface area contributed by atoms with Crippen LogP contribution in [0, 0.1) is 0 Å². The fraction of sp³-hybridized carbons (Fsp3) is 1.00. The van der Waals surface area contributed by atoms with Gasteiger partial charge in [0.05, 0.1) is 0 Å². The molecule has 0 atom stereocenters. The standard InChI is InChI=1S/C11H29N2PSi/c1-8-12(9-2)14(15(5,6)7)13(10-3)11-4/h8-11H2,1-7H3. The zero-order valence-corrected chi connectivity index (χ0v) is 13.6. The van der Waals surface area contributed by atoms with E-state index >= 15 is 0 Å². The number of rotatable bonds is 7. The minimum atomic E-state index is -1.08. The minimum Gasteiger partial charge on any atom is -0.274 e. The van der Waals surface area contributed by atoms with Crippen LogP contribution in [0.4, 0.5) is 0 Å². The molecule has 0 bridgehead atoms. The molecule has 92 valence electrons. The normalized spacial score (nSPS) is 13.2. The van der Waals surface area contributed by atoms with Crippen molar-refractivity contribution in [2.45, 2.75) is 47.3 Å². The maximum Gasteiger partial charge on any atom is 0.109 e. The topological polar surface area (TPSA) is 6.48 Å². The van der Waals surface area contributed by atoms with Gasteiger partial charge in [-0.2, -0.15) is 0 Å². The third-order valence-corrected chi connectivity index (χ3v) is 11.3. The SMILES string of the molecule is CCN(CC)P(N(CC)CC)[Si](C)(C)C. The molecule has 0 aromatic rings. The van der Waals surface area contributed by atoms with E-state index in [1.54, 1.807) is 0 Å². The van der Waals surface area contributed by atoms with Crippen LogP contribution in [0.5, 0.6) is 0 Å². The largest absolute Gasteiger partial charge is 0.274 e. The van der Waals surface area contributed by atoms with E-state index in [0.717, 1.165) is 0 Å². The predicted octanol–water partition coefficient (Wildman–Crippen LogP) is 3.82. The van der Waals surface area contributed by atoms with Gasteiger partial charge in [0.2, 0.25) is 0 Å². The molecule has 0 amide bonds. The number of hydrogen-bond acceptors (Lipinski definition) is 2. The smallest absolute Gasteiger partial charge is 0.109 e. The van der Waals surface area contributed by atoms with Gasteiger partial charge in [0, 0.05) is 33.9 Å². The van der Waals surface area contributed by atoms with Crippen molar-refractivity contribution in [3.63, 3.8) is 0 Å². The van der Waals surface area contributed by atoms with Gasteiger partial charge in [0.1, 0.15) is 7.74 Å². The van der Waals surface area contributed by atoms with Crippen LogP contribution < -0.4 is 0 Å². The molecule has 0 aliphatic heterocycles. The van der Waals surface area contributed by atoms with E-state index in [4.69, 9.17) is 0 Å². The summed E-state index contributed by atoms with van der Waals surface area (Å²) in [5, 5.41) is 0. The Labute approximate surface area is 98.8 Å². The Kier molecular flexibility index (Phi) is 7.27. The lowest BCUT2D eigenvalue weighted by atomic mass is 10.7. The first kappa shape index (κ1) is 15.6. The predicted molar refractivity (Wildman–Crippen MR) is 76.1 cm³/mol. The van der Waals surface area contributed by atoms with E-state index < -0.39 is 7.74 Å². The second-order valence-electron chi connectivity index (χ2n) is 4.74. The first-order valence-corrected chi connectivity index (χ1v) is 11.8. The van der Waals surface area contributed by atoms with Gasteiger partial charge in [-0.25, -0.2) is 0 Å². The van der Waals surface area contributed by atoms with Crippen LogP contribution in [0.25, 0.3) is 0 Å². The molecular formula is C11H29N2PSi. The van der Waals surface area contributed by atoms with Crippen molar-refractivity contribution < 1.29 is 0 Å². The average Bonchev–Trinajstić information content (AvgIpc) is 2.17. The van der Waals surface area contributed by atoms with E-state index in [2.05, 4.69) is 56.7 Å². The summed E-state index contributed by atoms with van der Waals surface area (Å²) in [5.41, 5.74) is 0. The fourth-order valence-electron chi connectivity index (χ4n) is 2.01. The van der Waals surface area contributed by atoms with Crippen molar-refractivity contribution in [2.24, 2.45) is 0 Å². The van der Waals surface area contributed by atoms with E-state index in [1.165, 1.54) is 26.2 Å². The summed E-state index contributed by atoms with van der Waals surface area (Å²) in [4.78, 5) is 0. The summed E-state index contributed by atoms with van der Waals surface area (Å²) in [6, 6.07) is 0.